The van der Waals surface area contributed by atoms with Crippen LogP contribution in [0.25, 0.3) is 0 Å². The Kier molecular flexibility index (Phi) is 5.01. The third-order valence-electron chi connectivity index (χ3n) is 4.31. The second kappa shape index (κ2) is 6.53. The van der Waals surface area contributed by atoms with Gasteiger partial charge in [0.05, 0.1) is 12.5 Å². The van der Waals surface area contributed by atoms with Crippen LogP contribution in [0.3, 0.4) is 0 Å². The van der Waals surface area contributed by atoms with E-state index in [1.807, 2.05) is 4.90 Å². The number of ether oxygens (including phenoxy) is 1. The minimum Gasteiger partial charge on any atom is -0.378 e. The van der Waals surface area contributed by atoms with E-state index in [1.165, 1.54) is 6.42 Å². The normalized spacial score (nSPS) is 33.4. The van der Waals surface area contributed by atoms with Crippen LogP contribution in [0.1, 0.15) is 45.4 Å². The molecule has 4 nitrogen and oxygen atoms in total. The summed E-state index contributed by atoms with van der Waals surface area (Å²) in [5.74, 6) is 0.741. The number of piperidine rings is 1. The molecule has 2 aliphatic heterocycles. The lowest BCUT2D eigenvalue weighted by Gasteiger charge is -2.38. The molecule has 1 amide bonds. The van der Waals surface area contributed by atoms with Crippen molar-refractivity contribution in [3.63, 3.8) is 0 Å². The van der Waals surface area contributed by atoms with Crippen LogP contribution in [0.2, 0.25) is 0 Å². The zero-order valence-electron chi connectivity index (χ0n) is 11.4. The fraction of sp³-hybridized carbons (Fsp3) is 0.929. The Morgan fingerprint density at radius 3 is 2.83 bits per heavy atom. The Hall–Kier alpha value is -0.610. The van der Waals surface area contributed by atoms with Gasteiger partial charge in [0.1, 0.15) is 0 Å². The Balaban J connectivity index is 1.85. The molecule has 0 saturated carbocycles. The highest BCUT2D eigenvalue weighted by atomic mass is 16.5. The molecule has 0 aromatic heterocycles. The number of nitrogens with two attached hydrogens (primary N) is 1. The monoisotopic (exact) mass is 254 g/mol. The van der Waals surface area contributed by atoms with Crippen LogP contribution in [0.5, 0.6) is 0 Å². The maximum absolute atomic E-state index is 12.3. The van der Waals surface area contributed by atoms with E-state index in [0.29, 0.717) is 24.9 Å². The minimum atomic E-state index is 0.150. The predicted octanol–water partition coefficient (Wildman–Crippen LogP) is 1.53. The summed E-state index contributed by atoms with van der Waals surface area (Å²) in [7, 11) is 0. The molecule has 2 saturated heterocycles. The number of rotatable bonds is 3. The summed E-state index contributed by atoms with van der Waals surface area (Å²) in [6.07, 6.45) is 6.31. The zero-order chi connectivity index (χ0) is 13.0. The highest BCUT2D eigenvalue weighted by Crippen LogP contribution is 2.24. The molecule has 4 heteroatoms. The van der Waals surface area contributed by atoms with Crippen molar-refractivity contribution in [1.29, 1.82) is 0 Å². The molecule has 2 aliphatic rings. The third kappa shape index (κ3) is 3.45. The summed E-state index contributed by atoms with van der Waals surface area (Å²) in [6, 6.07) is 0.365. The molecule has 0 bridgehead atoms. The van der Waals surface area contributed by atoms with Gasteiger partial charge in [0.25, 0.3) is 0 Å². The van der Waals surface area contributed by atoms with Gasteiger partial charge in [0, 0.05) is 19.2 Å². The molecule has 0 radical (unpaired) electrons. The Morgan fingerprint density at radius 2 is 2.17 bits per heavy atom. The first-order valence-corrected chi connectivity index (χ1v) is 7.32. The maximum Gasteiger partial charge on any atom is 0.225 e. The average Bonchev–Trinajstić information content (AvgIpc) is 2.40. The molecule has 2 rings (SSSR count). The van der Waals surface area contributed by atoms with Gasteiger partial charge < -0.3 is 15.4 Å². The van der Waals surface area contributed by atoms with Gasteiger partial charge in [-0.2, -0.15) is 0 Å². The summed E-state index contributed by atoms with van der Waals surface area (Å²) in [6.45, 7) is 4.49. The fourth-order valence-corrected chi connectivity index (χ4v) is 3.00. The minimum absolute atomic E-state index is 0.150. The van der Waals surface area contributed by atoms with Gasteiger partial charge in [0.15, 0.2) is 0 Å². The molecule has 0 spiro atoms. The van der Waals surface area contributed by atoms with Crippen molar-refractivity contribution < 1.29 is 9.53 Å². The topological polar surface area (TPSA) is 55.6 Å². The summed E-state index contributed by atoms with van der Waals surface area (Å²) in [4.78, 5) is 14.4. The quantitative estimate of drug-likeness (QED) is 0.831. The second-order valence-electron chi connectivity index (χ2n) is 5.77. The highest BCUT2D eigenvalue weighted by molar-refractivity contribution is 5.77. The smallest absolute Gasteiger partial charge is 0.225 e. The van der Waals surface area contributed by atoms with Crippen LogP contribution in [0.4, 0.5) is 0 Å². The van der Waals surface area contributed by atoms with Gasteiger partial charge in [-0.05, 0) is 51.5 Å². The molecular formula is C14H26N2O2. The SMILES string of the molecule is CC1CCC(CN)CN1C(=O)CC1CCCCO1. The number of hydrogen-bond donors (Lipinski definition) is 1. The Morgan fingerprint density at radius 1 is 1.33 bits per heavy atom. The van der Waals surface area contributed by atoms with E-state index in [1.54, 1.807) is 0 Å². The molecule has 3 unspecified atom stereocenters. The standard InChI is InChI=1S/C14H26N2O2/c1-11-5-6-12(9-15)10-16(11)14(17)8-13-4-2-3-7-18-13/h11-13H,2-10,15H2,1H3. The van der Waals surface area contributed by atoms with E-state index < -0.39 is 0 Å². The highest BCUT2D eigenvalue weighted by Gasteiger charge is 2.30. The second-order valence-corrected chi connectivity index (χ2v) is 5.77. The van der Waals surface area contributed by atoms with Crippen molar-refractivity contribution in [1.82, 2.24) is 4.90 Å². The Bertz CT molecular complexity index is 277. The molecule has 104 valence electrons. The molecule has 2 fully saturated rings. The molecule has 0 aromatic rings. The van der Waals surface area contributed by atoms with Crippen molar-refractivity contribution in [2.45, 2.75) is 57.6 Å². The number of hydrogen-bond acceptors (Lipinski definition) is 3. The third-order valence-corrected chi connectivity index (χ3v) is 4.31. The van der Waals surface area contributed by atoms with Gasteiger partial charge in [-0.25, -0.2) is 0 Å². The maximum atomic E-state index is 12.3. The summed E-state index contributed by atoms with van der Waals surface area (Å²) >= 11 is 0. The van der Waals surface area contributed by atoms with Crippen molar-refractivity contribution in [2.75, 3.05) is 19.7 Å². The van der Waals surface area contributed by atoms with Gasteiger partial charge in [-0.3, -0.25) is 4.79 Å². The van der Waals surface area contributed by atoms with E-state index in [0.717, 1.165) is 38.8 Å². The molecule has 0 aliphatic carbocycles. The molecule has 0 aromatic carbocycles. The lowest BCUT2D eigenvalue weighted by molar-refractivity contribution is -0.139. The van der Waals surface area contributed by atoms with Gasteiger partial charge in [-0.15, -0.1) is 0 Å². The van der Waals surface area contributed by atoms with Crippen LogP contribution < -0.4 is 5.73 Å². The van der Waals surface area contributed by atoms with Gasteiger partial charge in [0.2, 0.25) is 5.91 Å². The van der Waals surface area contributed by atoms with Crippen molar-refractivity contribution in [3.8, 4) is 0 Å². The summed E-state index contributed by atoms with van der Waals surface area (Å²) in [5.41, 5.74) is 5.73. The van der Waals surface area contributed by atoms with Crippen LogP contribution in [0.15, 0.2) is 0 Å². The molecule has 18 heavy (non-hydrogen) atoms. The average molecular weight is 254 g/mol. The first-order chi connectivity index (χ1) is 8.70. The zero-order valence-corrected chi connectivity index (χ0v) is 11.4. The van der Waals surface area contributed by atoms with Crippen molar-refractivity contribution in [3.05, 3.63) is 0 Å². The summed E-state index contributed by atoms with van der Waals surface area (Å²) in [5, 5.41) is 0. The number of carbonyl (C=O) groups excluding carboxylic acids is 1. The predicted molar refractivity (Wildman–Crippen MR) is 71.2 cm³/mol. The molecule has 2 N–H and O–H groups in total. The number of likely N-dealkylation sites (tertiary alicyclic amines) is 1. The first kappa shape index (κ1) is 13.8. The van der Waals surface area contributed by atoms with E-state index in [2.05, 4.69) is 6.92 Å². The summed E-state index contributed by atoms with van der Waals surface area (Å²) < 4.78 is 5.66. The van der Waals surface area contributed by atoms with Crippen molar-refractivity contribution in [2.24, 2.45) is 11.7 Å². The lowest BCUT2D eigenvalue weighted by Crippen LogP contribution is -2.48. The van der Waals surface area contributed by atoms with E-state index >= 15 is 0 Å². The van der Waals surface area contributed by atoms with Gasteiger partial charge in [-0.1, -0.05) is 0 Å². The van der Waals surface area contributed by atoms with Crippen LogP contribution in [0, 0.1) is 5.92 Å². The van der Waals surface area contributed by atoms with E-state index in [4.69, 9.17) is 10.5 Å². The molecule has 3 atom stereocenters. The number of amides is 1. The lowest BCUT2D eigenvalue weighted by atomic mass is 9.93. The van der Waals surface area contributed by atoms with E-state index in [-0.39, 0.29) is 12.0 Å². The number of carbonyl (C=O) groups is 1. The van der Waals surface area contributed by atoms with Gasteiger partial charge >= 0.3 is 0 Å². The van der Waals surface area contributed by atoms with Crippen LogP contribution >= 0.6 is 0 Å². The van der Waals surface area contributed by atoms with E-state index in [9.17, 15) is 4.79 Å². The Labute approximate surface area is 110 Å². The molecular weight excluding hydrogens is 228 g/mol. The number of nitrogens with zero attached hydrogens (tertiary/aromatic N) is 1. The van der Waals surface area contributed by atoms with Crippen LogP contribution in [-0.2, 0) is 9.53 Å². The van der Waals surface area contributed by atoms with Crippen molar-refractivity contribution >= 4 is 5.91 Å². The fourth-order valence-electron chi connectivity index (χ4n) is 3.00. The van der Waals surface area contributed by atoms with Crippen LogP contribution in [-0.4, -0.2) is 42.6 Å². The largest absolute Gasteiger partial charge is 0.378 e. The first-order valence-electron chi connectivity index (χ1n) is 7.32. The molecule has 2 heterocycles.